The molecule has 0 bridgehead atoms. The fraction of sp³-hybridized carbons (Fsp3) is 0.200. The van der Waals surface area contributed by atoms with Crippen LogP contribution in [0.5, 0.6) is 0 Å². The van der Waals surface area contributed by atoms with E-state index in [0.29, 0.717) is 11.1 Å². The maximum Gasteiger partial charge on any atom is 0.332 e. The molecule has 0 heterocycles. The van der Waals surface area contributed by atoms with Crippen LogP contribution in [-0.4, -0.2) is 22.3 Å². The number of aliphatic hydroxyl groups excluding tert-OH is 1. The maximum atomic E-state index is 10.4. The van der Waals surface area contributed by atoms with Gasteiger partial charge in [-0.05, 0) is 11.6 Å². The first kappa shape index (κ1) is 10.2. The molecule has 0 radical (unpaired) electrons. The largest absolute Gasteiger partial charge is 0.479 e. The predicted octanol–water partition coefficient (Wildman–Crippen LogP) is 0.546. The van der Waals surface area contributed by atoms with Crippen molar-refractivity contribution in [1.29, 1.82) is 5.26 Å². The van der Waals surface area contributed by atoms with Crippen LogP contribution in [0.2, 0.25) is 0 Å². The van der Waals surface area contributed by atoms with Gasteiger partial charge in [0, 0.05) is 6.42 Å². The Morgan fingerprint density at radius 2 is 2.14 bits per heavy atom. The molecule has 14 heavy (non-hydrogen) atoms. The van der Waals surface area contributed by atoms with Gasteiger partial charge in [-0.1, -0.05) is 18.2 Å². The quantitative estimate of drug-likeness (QED) is 0.730. The van der Waals surface area contributed by atoms with E-state index in [1.165, 1.54) is 0 Å². The maximum absolute atomic E-state index is 10.4. The second kappa shape index (κ2) is 4.40. The van der Waals surface area contributed by atoms with Crippen LogP contribution in [0.4, 0.5) is 0 Å². The Kier molecular flexibility index (Phi) is 3.21. The van der Waals surface area contributed by atoms with Crippen molar-refractivity contribution >= 4 is 5.97 Å². The van der Waals surface area contributed by atoms with Crippen molar-refractivity contribution in [2.24, 2.45) is 0 Å². The van der Waals surface area contributed by atoms with Crippen LogP contribution >= 0.6 is 0 Å². The van der Waals surface area contributed by atoms with Crippen molar-refractivity contribution in [2.45, 2.75) is 12.5 Å². The van der Waals surface area contributed by atoms with Gasteiger partial charge in [0.15, 0.2) is 6.10 Å². The van der Waals surface area contributed by atoms with E-state index in [2.05, 4.69) is 0 Å². The molecule has 0 aromatic heterocycles. The van der Waals surface area contributed by atoms with Crippen molar-refractivity contribution in [2.75, 3.05) is 0 Å². The third kappa shape index (κ3) is 2.31. The van der Waals surface area contributed by atoms with Gasteiger partial charge >= 0.3 is 5.97 Å². The highest BCUT2D eigenvalue weighted by Crippen LogP contribution is 2.09. The number of hydrogen-bond donors (Lipinski definition) is 2. The molecule has 1 aromatic carbocycles. The molecule has 2 N–H and O–H groups in total. The van der Waals surface area contributed by atoms with Gasteiger partial charge in [0.25, 0.3) is 0 Å². The molecular formula is C10H9NO3. The smallest absolute Gasteiger partial charge is 0.332 e. The number of aliphatic hydroxyl groups is 1. The zero-order chi connectivity index (χ0) is 10.6. The molecule has 1 rings (SSSR count). The second-order valence-corrected chi connectivity index (χ2v) is 2.83. The summed E-state index contributed by atoms with van der Waals surface area (Å²) in [5, 5.41) is 26.3. The lowest BCUT2D eigenvalue weighted by molar-refractivity contribution is -0.146. The average Bonchev–Trinajstić information content (AvgIpc) is 2.18. The lowest BCUT2D eigenvalue weighted by Gasteiger charge is -2.06. The first-order valence-electron chi connectivity index (χ1n) is 4.04. The molecule has 0 aliphatic rings. The zero-order valence-corrected chi connectivity index (χ0v) is 7.34. The minimum Gasteiger partial charge on any atom is -0.479 e. The fourth-order valence-corrected chi connectivity index (χ4v) is 1.10. The number of carbonyl (C=O) groups is 1. The summed E-state index contributed by atoms with van der Waals surface area (Å²) >= 11 is 0. The van der Waals surface area contributed by atoms with Crippen LogP contribution in [-0.2, 0) is 11.2 Å². The summed E-state index contributed by atoms with van der Waals surface area (Å²) in [7, 11) is 0. The number of aliphatic carboxylic acids is 1. The van der Waals surface area contributed by atoms with Gasteiger partial charge < -0.3 is 10.2 Å². The fourth-order valence-electron chi connectivity index (χ4n) is 1.10. The molecule has 0 aliphatic heterocycles. The normalized spacial score (nSPS) is 11.7. The van der Waals surface area contributed by atoms with Gasteiger partial charge in [0.1, 0.15) is 0 Å². The first-order chi connectivity index (χ1) is 6.65. The van der Waals surface area contributed by atoms with Crippen LogP contribution in [0, 0.1) is 11.3 Å². The van der Waals surface area contributed by atoms with E-state index >= 15 is 0 Å². The molecule has 4 nitrogen and oxygen atoms in total. The molecule has 1 unspecified atom stereocenters. The van der Waals surface area contributed by atoms with E-state index in [4.69, 9.17) is 15.5 Å². The summed E-state index contributed by atoms with van der Waals surface area (Å²) in [5.74, 6) is -1.28. The number of benzene rings is 1. The summed E-state index contributed by atoms with van der Waals surface area (Å²) in [5.41, 5.74) is 0.942. The summed E-state index contributed by atoms with van der Waals surface area (Å²) < 4.78 is 0. The van der Waals surface area contributed by atoms with Crippen LogP contribution in [0.1, 0.15) is 11.1 Å². The van der Waals surface area contributed by atoms with Gasteiger partial charge in [-0.15, -0.1) is 0 Å². The molecule has 0 saturated heterocycles. The highest BCUT2D eigenvalue weighted by Gasteiger charge is 2.15. The Morgan fingerprint density at radius 1 is 1.50 bits per heavy atom. The second-order valence-electron chi connectivity index (χ2n) is 2.83. The predicted molar refractivity (Wildman–Crippen MR) is 48.5 cm³/mol. The summed E-state index contributed by atoms with van der Waals surface area (Å²) in [4.78, 5) is 10.4. The molecule has 1 aromatic rings. The van der Waals surface area contributed by atoms with Gasteiger partial charge in [0.05, 0.1) is 11.6 Å². The zero-order valence-electron chi connectivity index (χ0n) is 7.34. The van der Waals surface area contributed by atoms with E-state index < -0.39 is 12.1 Å². The Morgan fingerprint density at radius 3 is 2.71 bits per heavy atom. The number of carboxylic acids is 1. The molecule has 0 aliphatic carbocycles. The van der Waals surface area contributed by atoms with Crippen molar-refractivity contribution < 1.29 is 15.0 Å². The highest BCUT2D eigenvalue weighted by atomic mass is 16.4. The van der Waals surface area contributed by atoms with Crippen LogP contribution in [0.15, 0.2) is 24.3 Å². The SMILES string of the molecule is N#Cc1ccccc1CC(O)C(=O)O. The lowest BCUT2D eigenvalue weighted by atomic mass is 10.0. The molecule has 1 atom stereocenters. The van der Waals surface area contributed by atoms with Crippen molar-refractivity contribution in [1.82, 2.24) is 0 Å². The third-order valence-electron chi connectivity index (χ3n) is 1.84. The molecule has 4 heteroatoms. The average molecular weight is 191 g/mol. The molecule has 0 fully saturated rings. The van der Waals surface area contributed by atoms with Gasteiger partial charge in [-0.3, -0.25) is 0 Å². The summed E-state index contributed by atoms with van der Waals surface area (Å²) in [6, 6.07) is 8.54. The molecule has 0 amide bonds. The van der Waals surface area contributed by atoms with E-state index in [-0.39, 0.29) is 6.42 Å². The lowest BCUT2D eigenvalue weighted by Crippen LogP contribution is -2.22. The number of hydrogen-bond acceptors (Lipinski definition) is 3. The Balaban J connectivity index is 2.87. The highest BCUT2D eigenvalue weighted by molar-refractivity contribution is 5.72. The number of nitriles is 1. The standard InChI is InChI=1S/C10H9NO3/c11-6-8-4-2-1-3-7(8)5-9(12)10(13)14/h1-4,9,12H,5H2,(H,13,14). The van der Waals surface area contributed by atoms with Gasteiger partial charge in [-0.25, -0.2) is 4.79 Å². The van der Waals surface area contributed by atoms with E-state index in [1.54, 1.807) is 24.3 Å². The summed E-state index contributed by atoms with van der Waals surface area (Å²) in [6.07, 6.45) is -1.50. The van der Waals surface area contributed by atoms with Gasteiger partial charge in [-0.2, -0.15) is 5.26 Å². The van der Waals surface area contributed by atoms with E-state index in [1.807, 2.05) is 6.07 Å². The van der Waals surface area contributed by atoms with Crippen LogP contribution < -0.4 is 0 Å². The van der Waals surface area contributed by atoms with Crippen molar-refractivity contribution in [3.05, 3.63) is 35.4 Å². The number of carboxylic acid groups (broad SMARTS) is 1. The Hall–Kier alpha value is -1.86. The molecule has 0 spiro atoms. The minimum atomic E-state index is -1.45. The third-order valence-corrected chi connectivity index (χ3v) is 1.84. The van der Waals surface area contributed by atoms with Crippen molar-refractivity contribution in [3.8, 4) is 6.07 Å². The number of nitrogens with zero attached hydrogens (tertiary/aromatic N) is 1. The monoisotopic (exact) mass is 191 g/mol. The molecule has 72 valence electrons. The Labute approximate surface area is 81.0 Å². The van der Waals surface area contributed by atoms with E-state index in [9.17, 15) is 4.79 Å². The van der Waals surface area contributed by atoms with Gasteiger partial charge in [0.2, 0.25) is 0 Å². The number of rotatable bonds is 3. The first-order valence-corrected chi connectivity index (χ1v) is 4.04. The van der Waals surface area contributed by atoms with Crippen LogP contribution in [0.3, 0.4) is 0 Å². The Bertz CT molecular complexity index is 381. The van der Waals surface area contributed by atoms with Crippen LogP contribution in [0.25, 0.3) is 0 Å². The molecule has 0 saturated carbocycles. The summed E-state index contributed by atoms with van der Waals surface area (Å²) in [6.45, 7) is 0. The van der Waals surface area contributed by atoms with E-state index in [0.717, 1.165) is 0 Å². The topological polar surface area (TPSA) is 81.3 Å². The van der Waals surface area contributed by atoms with Crippen molar-refractivity contribution in [3.63, 3.8) is 0 Å². The molecular weight excluding hydrogens is 182 g/mol. The minimum absolute atomic E-state index is 0.0426.